The van der Waals surface area contributed by atoms with Crippen molar-refractivity contribution in [2.45, 2.75) is 19.3 Å². The number of carbonyl (C=O) groups excluding carboxylic acids is 1. The molecule has 0 aliphatic rings. The summed E-state index contributed by atoms with van der Waals surface area (Å²) in [6.45, 7) is 0.507. The van der Waals surface area contributed by atoms with Gasteiger partial charge >= 0.3 is 0 Å². The van der Waals surface area contributed by atoms with Gasteiger partial charge in [-0.05, 0) is 36.6 Å². The van der Waals surface area contributed by atoms with Crippen molar-refractivity contribution in [3.8, 4) is 16.5 Å². The Morgan fingerprint density at radius 3 is 2.76 bits per heavy atom. The average Bonchev–Trinajstić information content (AvgIpc) is 3.11. The summed E-state index contributed by atoms with van der Waals surface area (Å²) in [6, 6.07) is 12.9. The number of aromatic nitrogens is 2. The molecule has 0 spiro atoms. The molecule has 0 bridgehead atoms. The molecule has 2 aromatic heterocycles. The monoisotopic (exact) mass is 353 g/mol. The van der Waals surface area contributed by atoms with Crippen LogP contribution in [0.15, 0.2) is 54.0 Å². The molecule has 1 aromatic carbocycles. The number of phenolic OH excluding ortho intramolecular Hbond substituents is 1. The lowest BCUT2D eigenvalue weighted by atomic mass is 10.1. The Bertz CT molecular complexity index is 833. The standard InChI is InChI=1S/C19H19N3O2S/c23-17-7-2-1-5-14(17)10-12-21-18(24)9-8-15-13-25-19(22-15)16-6-3-4-11-20-16/h1-7,11,13,23H,8-10,12H2,(H,21,24). The molecule has 0 saturated heterocycles. The van der Waals surface area contributed by atoms with E-state index in [1.807, 2.05) is 35.7 Å². The van der Waals surface area contributed by atoms with Gasteiger partial charge in [0.25, 0.3) is 0 Å². The molecule has 3 aromatic rings. The molecule has 0 fully saturated rings. The molecule has 0 aliphatic carbocycles. The van der Waals surface area contributed by atoms with E-state index in [2.05, 4.69) is 15.3 Å². The Kier molecular flexibility index (Phi) is 5.74. The van der Waals surface area contributed by atoms with Crippen molar-refractivity contribution in [3.63, 3.8) is 0 Å². The minimum absolute atomic E-state index is 0.0113. The first-order valence-corrected chi connectivity index (χ1v) is 9.00. The van der Waals surface area contributed by atoms with Crippen LogP contribution in [-0.2, 0) is 17.6 Å². The minimum atomic E-state index is -0.0113. The Hall–Kier alpha value is -2.73. The maximum atomic E-state index is 12.0. The number of aromatic hydroxyl groups is 1. The summed E-state index contributed by atoms with van der Waals surface area (Å²) < 4.78 is 0. The summed E-state index contributed by atoms with van der Waals surface area (Å²) in [6.07, 6.45) is 3.35. The molecule has 0 unspecified atom stereocenters. The fourth-order valence-electron chi connectivity index (χ4n) is 2.42. The number of phenols is 1. The van der Waals surface area contributed by atoms with Crippen molar-refractivity contribution in [1.29, 1.82) is 0 Å². The highest BCUT2D eigenvalue weighted by molar-refractivity contribution is 7.13. The van der Waals surface area contributed by atoms with Crippen LogP contribution in [0.2, 0.25) is 0 Å². The lowest BCUT2D eigenvalue weighted by Crippen LogP contribution is -2.25. The number of rotatable bonds is 7. The number of benzene rings is 1. The lowest BCUT2D eigenvalue weighted by Gasteiger charge is -2.06. The molecule has 0 atom stereocenters. The molecule has 1 amide bonds. The maximum Gasteiger partial charge on any atom is 0.220 e. The number of pyridine rings is 1. The normalized spacial score (nSPS) is 10.6. The van der Waals surface area contributed by atoms with Gasteiger partial charge in [0.05, 0.1) is 11.4 Å². The van der Waals surface area contributed by atoms with Crippen LogP contribution in [0.3, 0.4) is 0 Å². The molecule has 3 rings (SSSR count). The number of nitrogens with zero attached hydrogens (tertiary/aromatic N) is 2. The van der Waals surface area contributed by atoms with E-state index in [0.717, 1.165) is 22.0 Å². The Balaban J connectivity index is 1.44. The third kappa shape index (κ3) is 4.87. The molecular weight excluding hydrogens is 334 g/mol. The van der Waals surface area contributed by atoms with Crippen LogP contribution in [0.1, 0.15) is 17.7 Å². The van der Waals surface area contributed by atoms with Crippen molar-refractivity contribution >= 4 is 17.2 Å². The smallest absolute Gasteiger partial charge is 0.220 e. The molecule has 2 N–H and O–H groups in total. The van der Waals surface area contributed by atoms with Crippen LogP contribution >= 0.6 is 11.3 Å². The minimum Gasteiger partial charge on any atom is -0.508 e. The van der Waals surface area contributed by atoms with E-state index in [4.69, 9.17) is 0 Å². The Morgan fingerprint density at radius 2 is 1.96 bits per heavy atom. The van der Waals surface area contributed by atoms with Crippen LogP contribution in [0.4, 0.5) is 0 Å². The quantitative estimate of drug-likeness (QED) is 0.684. The summed E-state index contributed by atoms with van der Waals surface area (Å²) in [5, 5.41) is 15.4. The first-order chi connectivity index (χ1) is 12.2. The van der Waals surface area contributed by atoms with E-state index in [9.17, 15) is 9.90 Å². The Morgan fingerprint density at radius 1 is 1.12 bits per heavy atom. The molecular formula is C19H19N3O2S. The van der Waals surface area contributed by atoms with Gasteiger partial charge < -0.3 is 10.4 Å². The van der Waals surface area contributed by atoms with Crippen molar-refractivity contribution < 1.29 is 9.90 Å². The number of aryl methyl sites for hydroxylation is 1. The van der Waals surface area contributed by atoms with Crippen LogP contribution in [-0.4, -0.2) is 27.5 Å². The highest BCUT2D eigenvalue weighted by Gasteiger charge is 2.08. The molecule has 128 valence electrons. The predicted molar refractivity (Wildman–Crippen MR) is 98.5 cm³/mol. The predicted octanol–water partition coefficient (Wildman–Crippen LogP) is 3.20. The van der Waals surface area contributed by atoms with E-state index >= 15 is 0 Å². The van der Waals surface area contributed by atoms with Crippen molar-refractivity contribution in [2.24, 2.45) is 0 Å². The SMILES string of the molecule is O=C(CCc1csc(-c2ccccn2)n1)NCCc1ccccc1O. The van der Waals surface area contributed by atoms with Crippen LogP contribution in [0.25, 0.3) is 10.7 Å². The molecule has 0 saturated carbocycles. The average molecular weight is 353 g/mol. The van der Waals surface area contributed by atoms with Gasteiger partial charge in [-0.3, -0.25) is 9.78 Å². The summed E-state index contributed by atoms with van der Waals surface area (Å²) in [4.78, 5) is 20.8. The summed E-state index contributed by atoms with van der Waals surface area (Å²) in [5.41, 5.74) is 2.59. The van der Waals surface area contributed by atoms with Crippen LogP contribution in [0.5, 0.6) is 5.75 Å². The van der Waals surface area contributed by atoms with Gasteiger partial charge in [-0.15, -0.1) is 11.3 Å². The molecule has 6 heteroatoms. The van der Waals surface area contributed by atoms with E-state index in [1.165, 1.54) is 11.3 Å². The largest absolute Gasteiger partial charge is 0.508 e. The van der Waals surface area contributed by atoms with Crippen LogP contribution < -0.4 is 5.32 Å². The number of amides is 1. The van der Waals surface area contributed by atoms with Crippen molar-refractivity contribution in [1.82, 2.24) is 15.3 Å². The topological polar surface area (TPSA) is 75.1 Å². The molecule has 0 aliphatic heterocycles. The van der Waals surface area contributed by atoms with Crippen molar-refractivity contribution in [3.05, 3.63) is 65.3 Å². The van der Waals surface area contributed by atoms with Gasteiger partial charge in [0, 0.05) is 24.5 Å². The number of nitrogens with one attached hydrogen (secondary N) is 1. The second kappa shape index (κ2) is 8.39. The third-order valence-corrected chi connectivity index (χ3v) is 4.67. The van der Waals surface area contributed by atoms with Gasteiger partial charge in [-0.25, -0.2) is 4.98 Å². The highest BCUT2D eigenvalue weighted by Crippen LogP contribution is 2.21. The first-order valence-electron chi connectivity index (χ1n) is 8.12. The number of para-hydroxylation sites is 1. The van der Waals surface area contributed by atoms with Gasteiger partial charge in [0.1, 0.15) is 10.8 Å². The Labute approximate surface area is 150 Å². The van der Waals surface area contributed by atoms with Gasteiger partial charge in [-0.2, -0.15) is 0 Å². The fourth-order valence-corrected chi connectivity index (χ4v) is 3.25. The summed E-state index contributed by atoms with van der Waals surface area (Å²) in [7, 11) is 0. The summed E-state index contributed by atoms with van der Waals surface area (Å²) >= 11 is 1.54. The zero-order valence-electron chi connectivity index (χ0n) is 13.7. The highest BCUT2D eigenvalue weighted by atomic mass is 32.1. The maximum absolute atomic E-state index is 12.0. The van der Waals surface area contributed by atoms with Gasteiger partial charge in [-0.1, -0.05) is 24.3 Å². The van der Waals surface area contributed by atoms with E-state index in [-0.39, 0.29) is 11.7 Å². The second-order valence-corrected chi connectivity index (χ2v) is 6.45. The zero-order valence-corrected chi connectivity index (χ0v) is 14.5. The number of hydrogen-bond donors (Lipinski definition) is 2. The third-order valence-electron chi connectivity index (χ3n) is 3.75. The van der Waals surface area contributed by atoms with E-state index in [1.54, 1.807) is 18.3 Å². The number of thiazole rings is 1. The number of hydrogen-bond acceptors (Lipinski definition) is 5. The van der Waals surface area contributed by atoms with E-state index in [0.29, 0.717) is 25.8 Å². The van der Waals surface area contributed by atoms with Crippen molar-refractivity contribution in [2.75, 3.05) is 6.54 Å². The lowest BCUT2D eigenvalue weighted by molar-refractivity contribution is -0.121. The molecule has 0 radical (unpaired) electrons. The van der Waals surface area contributed by atoms with Gasteiger partial charge in [0.15, 0.2) is 0 Å². The fraction of sp³-hybridized carbons (Fsp3) is 0.211. The molecule has 25 heavy (non-hydrogen) atoms. The molecule has 2 heterocycles. The molecule has 5 nitrogen and oxygen atoms in total. The summed E-state index contributed by atoms with van der Waals surface area (Å²) in [5.74, 6) is 0.254. The van der Waals surface area contributed by atoms with Crippen LogP contribution in [0, 0.1) is 0 Å². The first kappa shape index (κ1) is 17.1. The van der Waals surface area contributed by atoms with Gasteiger partial charge in [0.2, 0.25) is 5.91 Å². The second-order valence-electron chi connectivity index (χ2n) is 5.59. The zero-order chi connectivity index (χ0) is 17.5. The van der Waals surface area contributed by atoms with E-state index < -0.39 is 0 Å². The number of carbonyl (C=O) groups is 1.